The normalized spacial score (nSPS) is 23.1. The van der Waals surface area contributed by atoms with Gasteiger partial charge in [0, 0.05) is 36.8 Å². The number of ether oxygens (including phenoxy) is 4. The van der Waals surface area contributed by atoms with E-state index in [-0.39, 0.29) is 42.5 Å². The van der Waals surface area contributed by atoms with Gasteiger partial charge >= 0.3 is 5.97 Å². The zero-order valence-corrected chi connectivity index (χ0v) is 36.4. The Labute approximate surface area is 370 Å². The van der Waals surface area contributed by atoms with E-state index in [1.165, 1.54) is 29.9 Å². The molecule has 340 valence electrons. The summed E-state index contributed by atoms with van der Waals surface area (Å²) in [6, 6.07) is 24.1. The fourth-order valence-corrected chi connectivity index (χ4v) is 8.62. The van der Waals surface area contributed by atoms with Gasteiger partial charge in [-0.1, -0.05) is 67.6 Å². The number of hydrogen-bond donors (Lipinski definition) is 5. The molecule has 4 heterocycles. The largest absolute Gasteiger partial charge is 0.459 e. The van der Waals surface area contributed by atoms with Crippen LogP contribution >= 0.6 is 0 Å². The van der Waals surface area contributed by atoms with Crippen molar-refractivity contribution in [2.75, 3.05) is 11.9 Å². The Hall–Kier alpha value is -5.82. The first-order valence-corrected chi connectivity index (χ1v) is 21.4. The number of aliphatic hydroxyl groups is 3. The number of hydrogen-bond acceptors (Lipinski definition) is 12. The zero-order valence-electron chi connectivity index (χ0n) is 36.4. The minimum Gasteiger partial charge on any atom is -0.459 e. The molecule has 64 heavy (non-hydrogen) atoms. The summed E-state index contributed by atoms with van der Waals surface area (Å²) < 4.78 is 41.8. The molecule has 0 unspecified atom stereocenters. The molecule has 2 saturated heterocycles. The first-order valence-electron chi connectivity index (χ1n) is 21.4. The maximum atomic E-state index is 14.5. The molecule has 7 rings (SSSR count). The average Bonchev–Trinajstić information content (AvgIpc) is 3.88. The van der Waals surface area contributed by atoms with Gasteiger partial charge in [0.15, 0.2) is 12.0 Å². The third-order valence-electron chi connectivity index (χ3n) is 11.3. The SMILES string of the molecule is CC(=O)N[C@@H]1[C@@H](O)[C@@H](O)[C@@H](CO)O[C@H]1n1cc(COC(=O)C[C@H]2C[C@@H](CCn3c(-c4ccc(F)cc4)c(-c4ccccc4)c(C(=O)Nc4ccccc4)c3C(C)C)OC(C)(C)O2)nn1. The van der Waals surface area contributed by atoms with E-state index in [0.29, 0.717) is 30.6 Å². The number of amides is 2. The summed E-state index contributed by atoms with van der Waals surface area (Å²) >= 11 is 0. The van der Waals surface area contributed by atoms with Crippen LogP contribution in [0.5, 0.6) is 0 Å². The van der Waals surface area contributed by atoms with Crippen LogP contribution in [-0.4, -0.2) is 102 Å². The number of anilines is 1. The number of nitrogens with one attached hydrogen (secondary N) is 2. The molecule has 5 N–H and O–H groups in total. The molecule has 2 aliphatic heterocycles. The number of carbonyl (C=O) groups is 3. The predicted octanol–water partition coefficient (Wildman–Crippen LogP) is 5.48. The minimum atomic E-state index is -1.48. The van der Waals surface area contributed by atoms with Crippen LogP contribution in [0.4, 0.5) is 10.1 Å². The number of aromatic nitrogens is 4. The molecule has 2 fully saturated rings. The number of halogens is 1. The van der Waals surface area contributed by atoms with E-state index < -0.39 is 61.0 Å². The first-order chi connectivity index (χ1) is 30.6. The summed E-state index contributed by atoms with van der Waals surface area (Å²) in [7, 11) is 0. The van der Waals surface area contributed by atoms with E-state index in [2.05, 4.69) is 25.5 Å². The van der Waals surface area contributed by atoms with Crippen LogP contribution < -0.4 is 10.6 Å². The highest BCUT2D eigenvalue weighted by Crippen LogP contribution is 2.43. The van der Waals surface area contributed by atoms with Crippen LogP contribution in [0.15, 0.2) is 91.1 Å². The van der Waals surface area contributed by atoms with E-state index in [4.69, 9.17) is 18.9 Å². The van der Waals surface area contributed by atoms with Gasteiger partial charge < -0.3 is 49.5 Å². The molecule has 2 aliphatic rings. The van der Waals surface area contributed by atoms with Crippen LogP contribution in [0, 0.1) is 5.82 Å². The molecule has 0 spiro atoms. The van der Waals surface area contributed by atoms with Crippen molar-refractivity contribution in [2.45, 2.75) is 122 Å². The predicted molar refractivity (Wildman–Crippen MR) is 232 cm³/mol. The number of nitrogens with zero attached hydrogens (tertiary/aromatic N) is 4. The second-order valence-corrected chi connectivity index (χ2v) is 16.9. The number of para-hydroxylation sites is 1. The lowest BCUT2D eigenvalue weighted by atomic mass is 9.94. The molecule has 0 bridgehead atoms. The van der Waals surface area contributed by atoms with E-state index in [1.807, 2.05) is 74.5 Å². The summed E-state index contributed by atoms with van der Waals surface area (Å²) in [5.74, 6) is -2.88. The standard InChI is InChI=1S/C47H55FN6O10/c1-27(2)41-39(45(60)50-32-14-10-7-11-15-32)38(29-12-8-6-9-13-29)42(30-16-18-31(48)19-17-30)53(41)21-20-34-22-35(64-47(4,5)63-34)23-37(57)61-26-33-24-54(52-51-33)46-40(49-28(3)56)44(59)43(58)36(25-55)62-46/h6-19,24,27,34-36,40,43-44,46,55,58-59H,20-23,25-26H2,1-5H3,(H,49,56)(H,50,60)/t34-,35-,36-,40-,43+,44-,46-/m1/s1. The Bertz CT molecular complexity index is 2390. The average molecular weight is 883 g/mol. The minimum absolute atomic E-state index is 0.0976. The molecular formula is C47H55FN6O10. The molecule has 2 amide bonds. The lowest BCUT2D eigenvalue weighted by Gasteiger charge is -2.42. The number of aliphatic hydroxyl groups excluding tert-OH is 3. The molecule has 17 heteroatoms. The maximum absolute atomic E-state index is 14.5. The van der Waals surface area contributed by atoms with Crippen LogP contribution in [-0.2, 0) is 41.7 Å². The van der Waals surface area contributed by atoms with Gasteiger partial charge in [-0.25, -0.2) is 9.07 Å². The number of benzene rings is 3. The number of rotatable bonds is 15. The highest BCUT2D eigenvalue weighted by molar-refractivity contribution is 6.12. The van der Waals surface area contributed by atoms with Crippen LogP contribution in [0.3, 0.4) is 0 Å². The van der Waals surface area contributed by atoms with Crippen molar-refractivity contribution in [3.05, 3.63) is 114 Å². The summed E-state index contributed by atoms with van der Waals surface area (Å²) in [6.07, 6.45) is -4.04. The summed E-state index contributed by atoms with van der Waals surface area (Å²) in [5, 5.41) is 44.5. The first kappa shape index (κ1) is 46.2. The van der Waals surface area contributed by atoms with Crippen molar-refractivity contribution in [3.8, 4) is 22.4 Å². The van der Waals surface area contributed by atoms with Gasteiger partial charge in [0.2, 0.25) is 5.91 Å². The molecule has 7 atom stereocenters. The quantitative estimate of drug-likeness (QED) is 0.0829. The van der Waals surface area contributed by atoms with E-state index >= 15 is 0 Å². The Kier molecular flexibility index (Phi) is 14.4. The lowest BCUT2D eigenvalue weighted by molar-refractivity contribution is -0.300. The fourth-order valence-electron chi connectivity index (χ4n) is 8.62. The molecule has 0 aliphatic carbocycles. The van der Waals surface area contributed by atoms with Crippen molar-refractivity contribution >= 4 is 23.5 Å². The number of carbonyl (C=O) groups excluding carboxylic acids is 3. The third-order valence-corrected chi connectivity index (χ3v) is 11.3. The summed E-state index contributed by atoms with van der Waals surface area (Å²) in [6.45, 7) is 8.45. The molecule has 5 aromatic rings. The fraction of sp³-hybridized carbons (Fsp3) is 0.426. The van der Waals surface area contributed by atoms with E-state index in [1.54, 1.807) is 26.0 Å². The van der Waals surface area contributed by atoms with Crippen LogP contribution in [0.25, 0.3) is 22.4 Å². The zero-order chi connectivity index (χ0) is 45.7. The van der Waals surface area contributed by atoms with Crippen molar-refractivity contribution < 1.29 is 53.0 Å². The smallest absolute Gasteiger partial charge is 0.308 e. The van der Waals surface area contributed by atoms with Crippen LogP contribution in [0.2, 0.25) is 0 Å². The molecule has 0 saturated carbocycles. The molecule has 16 nitrogen and oxygen atoms in total. The molecule has 2 aromatic heterocycles. The molecule has 0 radical (unpaired) electrons. The Morgan fingerprint density at radius 2 is 1.61 bits per heavy atom. The topological polar surface area (TPSA) is 209 Å². The third kappa shape index (κ3) is 10.6. The second kappa shape index (κ2) is 19.9. The van der Waals surface area contributed by atoms with Crippen molar-refractivity contribution in [2.24, 2.45) is 0 Å². The van der Waals surface area contributed by atoms with Gasteiger partial charge in [-0.3, -0.25) is 14.4 Å². The summed E-state index contributed by atoms with van der Waals surface area (Å²) in [4.78, 5) is 39.7. The monoisotopic (exact) mass is 882 g/mol. The van der Waals surface area contributed by atoms with Crippen molar-refractivity contribution in [1.29, 1.82) is 0 Å². The van der Waals surface area contributed by atoms with Gasteiger partial charge in [0.05, 0.1) is 42.7 Å². The van der Waals surface area contributed by atoms with Gasteiger partial charge in [-0.2, -0.15) is 0 Å². The Balaban J connectivity index is 1.10. The molecule has 3 aromatic carbocycles. The van der Waals surface area contributed by atoms with Crippen LogP contribution in [0.1, 0.15) is 87.8 Å². The second-order valence-electron chi connectivity index (χ2n) is 16.9. The maximum Gasteiger partial charge on any atom is 0.308 e. The summed E-state index contributed by atoms with van der Waals surface area (Å²) in [5.41, 5.74) is 5.26. The highest BCUT2D eigenvalue weighted by atomic mass is 19.1. The van der Waals surface area contributed by atoms with E-state index in [9.17, 15) is 34.1 Å². The lowest BCUT2D eigenvalue weighted by Crippen LogP contribution is -2.62. The molecular weight excluding hydrogens is 828 g/mol. The van der Waals surface area contributed by atoms with Crippen molar-refractivity contribution in [3.63, 3.8) is 0 Å². The highest BCUT2D eigenvalue weighted by Gasteiger charge is 2.46. The van der Waals surface area contributed by atoms with Gasteiger partial charge in [0.1, 0.15) is 42.5 Å². The van der Waals surface area contributed by atoms with Gasteiger partial charge in [-0.15, -0.1) is 5.10 Å². The Morgan fingerprint density at radius 1 is 0.938 bits per heavy atom. The van der Waals surface area contributed by atoms with Gasteiger partial charge in [0.25, 0.3) is 5.91 Å². The Morgan fingerprint density at radius 3 is 2.27 bits per heavy atom. The van der Waals surface area contributed by atoms with Crippen molar-refractivity contribution in [1.82, 2.24) is 24.9 Å². The van der Waals surface area contributed by atoms with Gasteiger partial charge in [-0.05, 0) is 73.7 Å². The number of esters is 1. The van der Waals surface area contributed by atoms with E-state index in [0.717, 1.165) is 28.1 Å².